The van der Waals surface area contributed by atoms with Crippen molar-refractivity contribution >= 4 is 45.7 Å². The van der Waals surface area contributed by atoms with Crippen molar-refractivity contribution in [3.63, 3.8) is 0 Å². The van der Waals surface area contributed by atoms with Crippen molar-refractivity contribution in [1.29, 1.82) is 0 Å². The van der Waals surface area contributed by atoms with E-state index < -0.39 is 6.04 Å². The molecule has 2 heterocycles. The number of hydrogen-bond donors (Lipinski definition) is 0. The molecule has 0 saturated heterocycles. The van der Waals surface area contributed by atoms with E-state index in [9.17, 15) is 4.79 Å². The van der Waals surface area contributed by atoms with Crippen LogP contribution in [-0.4, -0.2) is 42.9 Å². The van der Waals surface area contributed by atoms with Crippen LogP contribution in [0, 0.1) is 0 Å². The van der Waals surface area contributed by atoms with E-state index in [0.29, 0.717) is 50.7 Å². The number of nitrogens with zero attached hydrogens (tertiary/aromatic N) is 3. The van der Waals surface area contributed by atoms with Crippen LogP contribution in [0.5, 0.6) is 17.2 Å². The minimum absolute atomic E-state index is 0.295. The van der Waals surface area contributed by atoms with Crippen molar-refractivity contribution in [3.8, 4) is 17.2 Å². The van der Waals surface area contributed by atoms with Crippen molar-refractivity contribution in [2.24, 2.45) is 5.10 Å². The van der Waals surface area contributed by atoms with Gasteiger partial charge in [-0.15, -0.1) is 0 Å². The molecule has 7 nitrogen and oxygen atoms in total. The monoisotopic (exact) mass is 535 g/mol. The van der Waals surface area contributed by atoms with E-state index in [1.807, 2.05) is 36.4 Å². The molecule has 0 spiro atoms. The lowest BCUT2D eigenvalue weighted by Gasteiger charge is -2.23. The minimum Gasteiger partial charge on any atom is -0.497 e. The molecule has 0 N–H and O–H groups in total. The second-order valence-electron chi connectivity index (χ2n) is 8.39. The van der Waals surface area contributed by atoms with Crippen LogP contribution in [0.1, 0.15) is 33.9 Å². The van der Waals surface area contributed by atoms with Crippen LogP contribution in [0.2, 0.25) is 10.2 Å². The molecule has 5 rings (SSSR count). The molecule has 0 aliphatic carbocycles. The Hall–Kier alpha value is -3.81. The molecule has 1 aromatic heterocycles. The van der Waals surface area contributed by atoms with Gasteiger partial charge in [0.1, 0.15) is 10.9 Å². The molecule has 37 heavy (non-hydrogen) atoms. The summed E-state index contributed by atoms with van der Waals surface area (Å²) in [6.07, 6.45) is 0.405. The SMILES string of the molecule is COc1ccc2nc(Cl)c([C@@H]3CC(c4ccc(OC)c(OC)c4)=NN3C(=O)c3ccccc3Cl)cc2c1. The summed E-state index contributed by atoms with van der Waals surface area (Å²) in [4.78, 5) is 18.3. The number of aromatic nitrogens is 1. The zero-order valence-electron chi connectivity index (χ0n) is 20.4. The Kier molecular flexibility index (Phi) is 6.91. The van der Waals surface area contributed by atoms with Crippen molar-refractivity contribution in [2.45, 2.75) is 12.5 Å². The lowest BCUT2D eigenvalue weighted by molar-refractivity contribution is 0.0711. The van der Waals surface area contributed by atoms with E-state index in [2.05, 4.69) is 4.98 Å². The summed E-state index contributed by atoms with van der Waals surface area (Å²) in [6.45, 7) is 0. The van der Waals surface area contributed by atoms with E-state index in [0.717, 1.165) is 16.5 Å². The number of hydrazone groups is 1. The normalized spacial score (nSPS) is 15.0. The highest BCUT2D eigenvalue weighted by molar-refractivity contribution is 6.34. The number of fused-ring (bicyclic) bond motifs is 1. The van der Waals surface area contributed by atoms with Gasteiger partial charge in [0.05, 0.1) is 49.2 Å². The van der Waals surface area contributed by atoms with E-state index in [4.69, 9.17) is 42.5 Å². The first-order valence-corrected chi connectivity index (χ1v) is 12.2. The molecular formula is C28H23Cl2N3O4. The topological polar surface area (TPSA) is 73.2 Å². The molecular weight excluding hydrogens is 513 g/mol. The number of amides is 1. The second-order valence-corrected chi connectivity index (χ2v) is 9.16. The highest BCUT2D eigenvalue weighted by Gasteiger charge is 2.36. The number of carbonyl (C=O) groups is 1. The summed E-state index contributed by atoms with van der Waals surface area (Å²) in [5.74, 6) is 1.52. The Labute approximate surface area is 224 Å². The third-order valence-corrected chi connectivity index (χ3v) is 6.93. The Morgan fingerprint density at radius 3 is 2.43 bits per heavy atom. The fraction of sp³-hybridized carbons (Fsp3) is 0.179. The fourth-order valence-electron chi connectivity index (χ4n) is 4.40. The Bertz CT molecular complexity index is 1540. The zero-order valence-corrected chi connectivity index (χ0v) is 21.9. The summed E-state index contributed by atoms with van der Waals surface area (Å²) in [5.41, 5.74) is 3.22. The number of carbonyl (C=O) groups excluding carboxylic acids is 1. The summed E-state index contributed by atoms with van der Waals surface area (Å²) in [5, 5.41) is 7.66. The maximum atomic E-state index is 13.7. The third kappa shape index (κ3) is 4.68. The first-order chi connectivity index (χ1) is 17.9. The lowest BCUT2D eigenvalue weighted by atomic mass is 9.97. The van der Waals surface area contributed by atoms with Crippen LogP contribution in [0.4, 0.5) is 0 Å². The Balaban J connectivity index is 1.62. The van der Waals surface area contributed by atoms with Gasteiger partial charge in [-0.05, 0) is 54.6 Å². The van der Waals surface area contributed by atoms with E-state index >= 15 is 0 Å². The second kappa shape index (κ2) is 10.3. The van der Waals surface area contributed by atoms with Crippen LogP contribution in [0.25, 0.3) is 10.9 Å². The Morgan fingerprint density at radius 2 is 1.70 bits per heavy atom. The smallest absolute Gasteiger partial charge is 0.276 e. The van der Waals surface area contributed by atoms with Crippen molar-refractivity contribution in [2.75, 3.05) is 21.3 Å². The van der Waals surface area contributed by atoms with Gasteiger partial charge in [0.2, 0.25) is 0 Å². The maximum absolute atomic E-state index is 13.7. The number of methoxy groups -OCH3 is 3. The summed E-state index contributed by atoms with van der Waals surface area (Å²) in [7, 11) is 4.76. The van der Waals surface area contributed by atoms with Crippen LogP contribution in [0.3, 0.4) is 0 Å². The van der Waals surface area contributed by atoms with Gasteiger partial charge in [-0.3, -0.25) is 4.79 Å². The lowest BCUT2D eigenvalue weighted by Crippen LogP contribution is -2.27. The van der Waals surface area contributed by atoms with Gasteiger partial charge >= 0.3 is 0 Å². The molecule has 9 heteroatoms. The first kappa shape index (κ1) is 24.9. The predicted octanol–water partition coefficient (Wildman–Crippen LogP) is 6.56. The molecule has 0 bridgehead atoms. The quantitative estimate of drug-likeness (QED) is 0.261. The molecule has 1 aliphatic rings. The third-order valence-electron chi connectivity index (χ3n) is 6.30. The summed E-state index contributed by atoms with van der Waals surface area (Å²) >= 11 is 13.1. The summed E-state index contributed by atoms with van der Waals surface area (Å²) < 4.78 is 16.2. The standard InChI is InChI=1S/C28H23Cl2N3O4/c1-35-18-9-10-22-17(12-18)13-20(27(30)31-22)24-15-23(16-8-11-25(36-2)26(14-16)37-3)32-33(24)28(34)19-6-4-5-7-21(19)29/h4-14,24H,15H2,1-3H3/t24-/m0/s1. The molecule has 1 amide bonds. The number of benzene rings is 3. The number of rotatable bonds is 6. The highest BCUT2D eigenvalue weighted by Crippen LogP contribution is 2.40. The highest BCUT2D eigenvalue weighted by atomic mass is 35.5. The number of hydrogen-bond acceptors (Lipinski definition) is 6. The maximum Gasteiger partial charge on any atom is 0.276 e. The van der Waals surface area contributed by atoms with Gasteiger partial charge in [-0.1, -0.05) is 35.3 Å². The number of pyridine rings is 1. The van der Waals surface area contributed by atoms with Crippen molar-refractivity contribution in [1.82, 2.24) is 9.99 Å². The van der Waals surface area contributed by atoms with Crippen LogP contribution in [0.15, 0.2) is 71.8 Å². The molecule has 0 fully saturated rings. The molecule has 4 aromatic rings. The molecule has 1 atom stereocenters. The van der Waals surface area contributed by atoms with Gasteiger partial charge in [0.25, 0.3) is 5.91 Å². The van der Waals surface area contributed by atoms with Gasteiger partial charge in [-0.2, -0.15) is 5.10 Å². The van der Waals surface area contributed by atoms with Gasteiger partial charge in [0, 0.05) is 22.9 Å². The molecule has 3 aromatic carbocycles. The van der Waals surface area contributed by atoms with E-state index in [1.165, 1.54) is 5.01 Å². The van der Waals surface area contributed by atoms with Gasteiger partial charge in [-0.25, -0.2) is 9.99 Å². The van der Waals surface area contributed by atoms with Crippen LogP contribution in [-0.2, 0) is 0 Å². The van der Waals surface area contributed by atoms with Gasteiger partial charge < -0.3 is 14.2 Å². The zero-order chi connectivity index (χ0) is 26.1. The van der Waals surface area contributed by atoms with Crippen molar-refractivity contribution < 1.29 is 19.0 Å². The van der Waals surface area contributed by atoms with E-state index in [1.54, 1.807) is 51.7 Å². The Morgan fingerprint density at radius 1 is 0.919 bits per heavy atom. The van der Waals surface area contributed by atoms with Crippen molar-refractivity contribution in [3.05, 3.63) is 93.6 Å². The molecule has 0 unspecified atom stereocenters. The fourth-order valence-corrected chi connectivity index (χ4v) is 4.88. The molecule has 188 valence electrons. The average molecular weight is 536 g/mol. The molecule has 0 radical (unpaired) electrons. The first-order valence-electron chi connectivity index (χ1n) is 11.5. The van der Waals surface area contributed by atoms with Crippen LogP contribution >= 0.6 is 23.2 Å². The average Bonchev–Trinajstić information content (AvgIpc) is 3.37. The molecule has 1 aliphatic heterocycles. The number of halogens is 2. The summed E-state index contributed by atoms with van der Waals surface area (Å²) in [6, 6.07) is 19.4. The predicted molar refractivity (Wildman–Crippen MR) is 144 cm³/mol. The van der Waals surface area contributed by atoms with Gasteiger partial charge in [0.15, 0.2) is 11.5 Å². The van der Waals surface area contributed by atoms with E-state index in [-0.39, 0.29) is 5.91 Å². The minimum atomic E-state index is -0.512. The van der Waals surface area contributed by atoms with Crippen LogP contribution < -0.4 is 14.2 Å². The molecule has 0 saturated carbocycles. The number of ether oxygens (including phenoxy) is 3. The largest absolute Gasteiger partial charge is 0.497 e.